The van der Waals surface area contributed by atoms with Crippen molar-refractivity contribution in [1.82, 2.24) is 10.6 Å². The molecule has 0 saturated heterocycles. The van der Waals surface area contributed by atoms with Gasteiger partial charge in [-0.3, -0.25) is 0 Å². The summed E-state index contributed by atoms with van der Waals surface area (Å²) in [5, 5.41) is 6.98. The van der Waals surface area contributed by atoms with E-state index < -0.39 is 0 Å². The van der Waals surface area contributed by atoms with Crippen molar-refractivity contribution < 1.29 is 9.47 Å². The molecule has 0 heterocycles. The first-order chi connectivity index (χ1) is 10.2. The molecule has 4 nitrogen and oxygen atoms in total. The van der Waals surface area contributed by atoms with Crippen molar-refractivity contribution in [2.75, 3.05) is 39.5 Å². The van der Waals surface area contributed by atoms with Crippen LogP contribution >= 0.6 is 0 Å². The van der Waals surface area contributed by atoms with Gasteiger partial charge in [0, 0.05) is 25.2 Å². The average molecular weight is 303 g/mol. The van der Waals surface area contributed by atoms with Gasteiger partial charge < -0.3 is 20.1 Å². The van der Waals surface area contributed by atoms with E-state index in [9.17, 15) is 0 Å². The zero-order valence-corrected chi connectivity index (χ0v) is 14.7. The van der Waals surface area contributed by atoms with Gasteiger partial charge in [0.25, 0.3) is 0 Å². The molecule has 0 bridgehead atoms. The van der Waals surface area contributed by atoms with E-state index in [1.54, 1.807) is 0 Å². The Kier molecular flexibility index (Phi) is 16.1. The molecule has 0 spiro atoms. The molecule has 0 amide bonds. The third kappa shape index (κ3) is 14.5. The molecule has 2 atom stereocenters. The van der Waals surface area contributed by atoms with Gasteiger partial charge in [-0.25, -0.2) is 0 Å². The summed E-state index contributed by atoms with van der Waals surface area (Å²) in [5.74, 6) is 0. The first-order valence-electron chi connectivity index (χ1n) is 8.86. The van der Waals surface area contributed by atoms with Crippen LogP contribution in [0.5, 0.6) is 0 Å². The number of ether oxygens (including phenoxy) is 2. The molecule has 0 aromatic rings. The van der Waals surface area contributed by atoms with E-state index in [-0.39, 0.29) is 0 Å². The number of nitrogens with one attached hydrogen (secondary N) is 2. The van der Waals surface area contributed by atoms with E-state index in [0.717, 1.165) is 26.3 Å². The quantitative estimate of drug-likeness (QED) is 0.430. The van der Waals surface area contributed by atoms with Crippen LogP contribution in [0.25, 0.3) is 0 Å². The SMILES string of the molecule is CCCC(C)NCCOCCOCCNC(CC)CCC. The van der Waals surface area contributed by atoms with Crippen molar-refractivity contribution in [3.63, 3.8) is 0 Å². The van der Waals surface area contributed by atoms with E-state index >= 15 is 0 Å². The molecule has 128 valence electrons. The minimum atomic E-state index is 0.593. The second kappa shape index (κ2) is 16.2. The maximum atomic E-state index is 5.57. The Morgan fingerprint density at radius 1 is 0.762 bits per heavy atom. The molecule has 0 radical (unpaired) electrons. The van der Waals surface area contributed by atoms with Crippen LogP contribution in [-0.2, 0) is 9.47 Å². The smallest absolute Gasteiger partial charge is 0.0701 e. The van der Waals surface area contributed by atoms with Crippen LogP contribution in [-0.4, -0.2) is 51.6 Å². The third-order valence-corrected chi connectivity index (χ3v) is 3.64. The maximum Gasteiger partial charge on any atom is 0.0701 e. The number of hydrogen-bond acceptors (Lipinski definition) is 4. The molecule has 4 heteroatoms. The highest BCUT2D eigenvalue weighted by molar-refractivity contribution is 4.63. The Balaban J connectivity index is 3.18. The summed E-state index contributed by atoms with van der Waals surface area (Å²) in [6, 6.07) is 1.24. The van der Waals surface area contributed by atoms with Crippen LogP contribution in [0.2, 0.25) is 0 Å². The molecule has 0 aliphatic rings. The van der Waals surface area contributed by atoms with Crippen LogP contribution in [0.4, 0.5) is 0 Å². The lowest BCUT2D eigenvalue weighted by atomic mass is 10.1. The zero-order valence-electron chi connectivity index (χ0n) is 14.7. The molecule has 2 N–H and O–H groups in total. The second-order valence-electron chi connectivity index (χ2n) is 5.72. The van der Waals surface area contributed by atoms with Gasteiger partial charge in [-0.1, -0.05) is 33.6 Å². The van der Waals surface area contributed by atoms with Gasteiger partial charge in [-0.2, -0.15) is 0 Å². The third-order valence-electron chi connectivity index (χ3n) is 3.64. The topological polar surface area (TPSA) is 42.5 Å². The molecule has 0 aromatic heterocycles. The first-order valence-corrected chi connectivity index (χ1v) is 8.86. The normalized spacial score (nSPS) is 14.3. The van der Waals surface area contributed by atoms with E-state index in [1.165, 1.54) is 32.1 Å². The molecular weight excluding hydrogens is 264 g/mol. The Labute approximate surface area is 132 Å². The molecule has 21 heavy (non-hydrogen) atoms. The minimum Gasteiger partial charge on any atom is -0.378 e. The lowest BCUT2D eigenvalue weighted by Crippen LogP contribution is -2.31. The lowest BCUT2D eigenvalue weighted by molar-refractivity contribution is 0.0486. The number of rotatable bonds is 16. The average Bonchev–Trinajstić information content (AvgIpc) is 2.48. The van der Waals surface area contributed by atoms with E-state index in [0.29, 0.717) is 25.3 Å². The van der Waals surface area contributed by atoms with Crippen LogP contribution in [0.1, 0.15) is 59.8 Å². The van der Waals surface area contributed by atoms with Crippen molar-refractivity contribution >= 4 is 0 Å². The molecule has 0 rings (SSSR count). The standard InChI is InChI=1S/C17H38N2O2/c1-5-8-16(4)18-10-12-20-14-15-21-13-11-19-17(7-3)9-6-2/h16-19H,5-15H2,1-4H3. The van der Waals surface area contributed by atoms with Crippen molar-refractivity contribution in [3.05, 3.63) is 0 Å². The van der Waals surface area contributed by atoms with Gasteiger partial charge in [-0.05, 0) is 26.2 Å². The van der Waals surface area contributed by atoms with Crippen LogP contribution in [0.3, 0.4) is 0 Å². The highest BCUT2D eigenvalue weighted by atomic mass is 16.5. The molecule has 0 aromatic carbocycles. The van der Waals surface area contributed by atoms with Gasteiger partial charge in [-0.15, -0.1) is 0 Å². The molecule has 2 unspecified atom stereocenters. The summed E-state index contributed by atoms with van der Waals surface area (Å²) >= 11 is 0. The van der Waals surface area contributed by atoms with Crippen molar-refractivity contribution in [1.29, 1.82) is 0 Å². The summed E-state index contributed by atoms with van der Waals surface area (Å²) in [7, 11) is 0. The van der Waals surface area contributed by atoms with Crippen molar-refractivity contribution in [2.45, 2.75) is 71.9 Å². The second-order valence-corrected chi connectivity index (χ2v) is 5.72. The maximum absolute atomic E-state index is 5.57. The summed E-state index contributed by atoms with van der Waals surface area (Å²) < 4.78 is 11.1. The molecule has 0 aliphatic heterocycles. The largest absolute Gasteiger partial charge is 0.378 e. The van der Waals surface area contributed by atoms with Crippen molar-refractivity contribution in [3.8, 4) is 0 Å². The summed E-state index contributed by atoms with van der Waals surface area (Å²) in [4.78, 5) is 0. The highest BCUT2D eigenvalue weighted by Crippen LogP contribution is 1.99. The molecular formula is C17H38N2O2. The predicted molar refractivity (Wildman–Crippen MR) is 91.0 cm³/mol. The van der Waals surface area contributed by atoms with Crippen LogP contribution in [0, 0.1) is 0 Å². The first kappa shape index (κ1) is 20.8. The monoisotopic (exact) mass is 302 g/mol. The molecule has 0 aliphatic carbocycles. The minimum absolute atomic E-state index is 0.593. The fourth-order valence-electron chi connectivity index (χ4n) is 2.37. The Bertz CT molecular complexity index is 203. The van der Waals surface area contributed by atoms with E-state index in [1.807, 2.05) is 0 Å². The highest BCUT2D eigenvalue weighted by Gasteiger charge is 2.02. The molecule has 0 saturated carbocycles. The Hall–Kier alpha value is -0.160. The lowest BCUT2D eigenvalue weighted by Gasteiger charge is -2.16. The van der Waals surface area contributed by atoms with Gasteiger partial charge >= 0.3 is 0 Å². The predicted octanol–water partition coefficient (Wildman–Crippen LogP) is 2.97. The fraction of sp³-hybridized carbons (Fsp3) is 1.00. The van der Waals surface area contributed by atoms with Crippen molar-refractivity contribution in [2.24, 2.45) is 0 Å². The van der Waals surface area contributed by atoms with E-state index in [2.05, 4.69) is 38.3 Å². The Morgan fingerprint density at radius 2 is 1.33 bits per heavy atom. The van der Waals surface area contributed by atoms with Gasteiger partial charge in [0.15, 0.2) is 0 Å². The summed E-state index contributed by atoms with van der Waals surface area (Å²) in [5.41, 5.74) is 0. The van der Waals surface area contributed by atoms with Gasteiger partial charge in [0.2, 0.25) is 0 Å². The zero-order chi connectivity index (χ0) is 15.8. The Morgan fingerprint density at radius 3 is 1.86 bits per heavy atom. The molecule has 0 fully saturated rings. The van der Waals surface area contributed by atoms with Gasteiger partial charge in [0.1, 0.15) is 0 Å². The van der Waals surface area contributed by atoms with E-state index in [4.69, 9.17) is 9.47 Å². The summed E-state index contributed by atoms with van der Waals surface area (Å²) in [6.07, 6.45) is 6.15. The van der Waals surface area contributed by atoms with Crippen LogP contribution in [0.15, 0.2) is 0 Å². The van der Waals surface area contributed by atoms with Crippen LogP contribution < -0.4 is 10.6 Å². The summed E-state index contributed by atoms with van der Waals surface area (Å²) in [6.45, 7) is 13.7. The number of hydrogen-bond donors (Lipinski definition) is 2. The van der Waals surface area contributed by atoms with Gasteiger partial charge in [0.05, 0.1) is 26.4 Å². The fourth-order valence-corrected chi connectivity index (χ4v) is 2.37.